The number of thiophene rings is 1. The molecule has 0 aliphatic carbocycles. The Kier molecular flexibility index (Phi) is 3.35. The van der Waals surface area contributed by atoms with Crippen molar-refractivity contribution in [3.05, 3.63) is 47.1 Å². The van der Waals surface area contributed by atoms with Crippen LogP contribution in [-0.2, 0) is 0 Å². The van der Waals surface area contributed by atoms with Gasteiger partial charge >= 0.3 is 0 Å². The Morgan fingerprint density at radius 2 is 1.95 bits per heavy atom. The fourth-order valence-corrected chi connectivity index (χ4v) is 2.80. The zero-order valence-electron chi connectivity index (χ0n) is 10.9. The summed E-state index contributed by atoms with van der Waals surface area (Å²) in [6.07, 6.45) is 5.57. The highest BCUT2D eigenvalue weighted by Gasteiger charge is 2.06. The number of nitrogen functional groups attached to an aromatic ring is 1. The molecule has 0 saturated carbocycles. The molecule has 100 valence electrons. The first kappa shape index (κ1) is 12.6. The molecule has 0 unspecified atom stereocenters. The van der Waals surface area contributed by atoms with E-state index in [4.69, 9.17) is 10.5 Å². The molecule has 2 N–H and O–H groups in total. The summed E-state index contributed by atoms with van der Waals surface area (Å²) >= 11 is 1.56. The highest BCUT2D eigenvalue weighted by Crippen LogP contribution is 2.28. The summed E-state index contributed by atoms with van der Waals surface area (Å²) in [5.74, 6) is 1.38. The molecule has 1 aromatic carbocycles. The molecule has 5 heteroatoms. The molecule has 3 rings (SSSR count). The number of rotatable bonds is 3. The van der Waals surface area contributed by atoms with E-state index in [0.29, 0.717) is 5.82 Å². The standard InChI is InChI=1S/C15H13N3OS/c1-19-12-6-3-10(4-7-12)2-5-11-8-20-14-13(11)17-9-18-15(14)16/h2-9H,1H3,(H2,16,17,18)/b5-2+. The van der Waals surface area contributed by atoms with Crippen molar-refractivity contribution in [2.24, 2.45) is 0 Å². The van der Waals surface area contributed by atoms with Crippen LogP contribution < -0.4 is 10.5 Å². The summed E-state index contributed by atoms with van der Waals surface area (Å²) in [6.45, 7) is 0. The minimum absolute atomic E-state index is 0.532. The predicted molar refractivity (Wildman–Crippen MR) is 83.7 cm³/mol. The number of benzene rings is 1. The summed E-state index contributed by atoms with van der Waals surface area (Å²) in [5, 5.41) is 2.04. The van der Waals surface area contributed by atoms with Crippen LogP contribution in [0.5, 0.6) is 5.75 Å². The van der Waals surface area contributed by atoms with E-state index in [9.17, 15) is 0 Å². The molecular formula is C15H13N3OS. The number of methoxy groups -OCH3 is 1. The second-order valence-electron chi connectivity index (χ2n) is 4.23. The molecule has 4 nitrogen and oxygen atoms in total. The number of nitrogens with zero attached hydrogens (tertiary/aromatic N) is 2. The number of ether oxygens (including phenoxy) is 1. The van der Waals surface area contributed by atoms with Crippen molar-refractivity contribution in [2.45, 2.75) is 0 Å². The van der Waals surface area contributed by atoms with Gasteiger partial charge in [0.15, 0.2) is 0 Å². The lowest BCUT2D eigenvalue weighted by Gasteiger charge is -1.99. The molecule has 2 aromatic heterocycles. The van der Waals surface area contributed by atoms with Crippen LogP contribution in [-0.4, -0.2) is 17.1 Å². The average Bonchev–Trinajstić information content (AvgIpc) is 2.90. The van der Waals surface area contributed by atoms with Gasteiger partial charge in [-0.3, -0.25) is 0 Å². The van der Waals surface area contributed by atoms with Gasteiger partial charge in [-0.2, -0.15) is 0 Å². The minimum atomic E-state index is 0.532. The maximum atomic E-state index is 5.83. The van der Waals surface area contributed by atoms with E-state index in [0.717, 1.165) is 27.1 Å². The molecule has 0 aliphatic rings. The van der Waals surface area contributed by atoms with Crippen LogP contribution in [0.1, 0.15) is 11.1 Å². The van der Waals surface area contributed by atoms with Crippen molar-refractivity contribution in [1.29, 1.82) is 0 Å². The molecule has 0 atom stereocenters. The van der Waals surface area contributed by atoms with Gasteiger partial charge in [0.2, 0.25) is 0 Å². The fraction of sp³-hybridized carbons (Fsp3) is 0.0667. The van der Waals surface area contributed by atoms with Crippen LogP contribution in [0.3, 0.4) is 0 Å². The smallest absolute Gasteiger partial charge is 0.144 e. The van der Waals surface area contributed by atoms with Gasteiger partial charge in [-0.05, 0) is 17.7 Å². The molecule has 0 saturated heterocycles. The predicted octanol–water partition coefficient (Wildman–Crippen LogP) is 3.45. The molecule has 0 bridgehead atoms. The van der Waals surface area contributed by atoms with Gasteiger partial charge in [0.25, 0.3) is 0 Å². The van der Waals surface area contributed by atoms with E-state index in [1.807, 2.05) is 41.8 Å². The number of anilines is 1. The lowest BCUT2D eigenvalue weighted by atomic mass is 10.1. The van der Waals surface area contributed by atoms with Crippen LogP contribution in [0, 0.1) is 0 Å². The number of nitrogens with two attached hydrogens (primary N) is 1. The van der Waals surface area contributed by atoms with Crippen LogP contribution >= 0.6 is 11.3 Å². The topological polar surface area (TPSA) is 61.0 Å². The Morgan fingerprint density at radius 3 is 2.70 bits per heavy atom. The Morgan fingerprint density at radius 1 is 1.15 bits per heavy atom. The molecule has 0 radical (unpaired) electrons. The Hall–Kier alpha value is -2.40. The van der Waals surface area contributed by atoms with Gasteiger partial charge in [0.05, 0.1) is 17.3 Å². The molecule has 3 aromatic rings. The van der Waals surface area contributed by atoms with E-state index >= 15 is 0 Å². The molecule has 0 aliphatic heterocycles. The van der Waals surface area contributed by atoms with Crippen LogP contribution in [0.25, 0.3) is 22.4 Å². The Balaban J connectivity index is 1.92. The third-order valence-electron chi connectivity index (χ3n) is 2.98. The third-order valence-corrected chi connectivity index (χ3v) is 3.99. The van der Waals surface area contributed by atoms with E-state index in [2.05, 4.69) is 9.97 Å². The Labute approximate surface area is 120 Å². The van der Waals surface area contributed by atoms with E-state index in [1.165, 1.54) is 6.33 Å². The highest BCUT2D eigenvalue weighted by atomic mass is 32.1. The van der Waals surface area contributed by atoms with Crippen LogP contribution in [0.15, 0.2) is 36.0 Å². The molecule has 2 heterocycles. The monoisotopic (exact) mass is 283 g/mol. The van der Waals surface area contributed by atoms with Crippen molar-refractivity contribution in [3.8, 4) is 5.75 Å². The van der Waals surface area contributed by atoms with Crippen molar-refractivity contribution in [3.63, 3.8) is 0 Å². The van der Waals surface area contributed by atoms with E-state index < -0.39 is 0 Å². The maximum Gasteiger partial charge on any atom is 0.144 e. The van der Waals surface area contributed by atoms with E-state index in [1.54, 1.807) is 18.4 Å². The summed E-state index contributed by atoms with van der Waals surface area (Å²) in [5.41, 5.74) is 8.88. The highest BCUT2D eigenvalue weighted by molar-refractivity contribution is 7.18. The zero-order valence-corrected chi connectivity index (χ0v) is 11.7. The van der Waals surface area contributed by atoms with E-state index in [-0.39, 0.29) is 0 Å². The summed E-state index contributed by atoms with van der Waals surface area (Å²) < 4.78 is 6.07. The second kappa shape index (κ2) is 5.30. The lowest BCUT2D eigenvalue weighted by Crippen LogP contribution is -1.90. The van der Waals surface area contributed by atoms with Crippen molar-refractivity contribution < 1.29 is 4.74 Å². The maximum absolute atomic E-state index is 5.83. The van der Waals surface area contributed by atoms with Gasteiger partial charge in [-0.1, -0.05) is 24.3 Å². The number of hydrogen-bond donors (Lipinski definition) is 1. The summed E-state index contributed by atoms with van der Waals surface area (Å²) in [6, 6.07) is 7.89. The van der Waals surface area contributed by atoms with Gasteiger partial charge in [-0.25, -0.2) is 9.97 Å². The van der Waals surface area contributed by atoms with Crippen molar-refractivity contribution in [1.82, 2.24) is 9.97 Å². The molecule has 0 fully saturated rings. The number of aromatic nitrogens is 2. The SMILES string of the molecule is COc1ccc(/C=C/c2csc3c(N)ncnc23)cc1. The van der Waals surface area contributed by atoms with Crippen LogP contribution in [0.2, 0.25) is 0 Å². The van der Waals surface area contributed by atoms with Gasteiger partial charge in [0, 0.05) is 10.9 Å². The first-order valence-corrected chi connectivity index (χ1v) is 6.95. The summed E-state index contributed by atoms with van der Waals surface area (Å²) in [7, 11) is 1.66. The third kappa shape index (κ3) is 2.35. The van der Waals surface area contributed by atoms with Crippen molar-refractivity contribution >= 4 is 39.5 Å². The number of hydrogen-bond acceptors (Lipinski definition) is 5. The van der Waals surface area contributed by atoms with Crippen molar-refractivity contribution in [2.75, 3.05) is 12.8 Å². The molecule has 0 amide bonds. The zero-order chi connectivity index (χ0) is 13.9. The largest absolute Gasteiger partial charge is 0.497 e. The second-order valence-corrected chi connectivity index (χ2v) is 5.11. The normalized spacial score (nSPS) is 11.2. The average molecular weight is 283 g/mol. The molecule has 0 spiro atoms. The van der Waals surface area contributed by atoms with Gasteiger partial charge < -0.3 is 10.5 Å². The fourth-order valence-electron chi connectivity index (χ4n) is 1.91. The quantitative estimate of drug-likeness (QED) is 0.799. The first-order valence-electron chi connectivity index (χ1n) is 6.08. The van der Waals surface area contributed by atoms with Gasteiger partial charge in [-0.15, -0.1) is 11.3 Å². The van der Waals surface area contributed by atoms with Gasteiger partial charge in [0.1, 0.15) is 17.9 Å². The molecule has 20 heavy (non-hydrogen) atoms. The minimum Gasteiger partial charge on any atom is -0.497 e. The molecular weight excluding hydrogens is 270 g/mol. The number of fused-ring (bicyclic) bond motifs is 1. The Bertz CT molecular complexity index is 762. The van der Waals surface area contributed by atoms with Crippen LogP contribution in [0.4, 0.5) is 5.82 Å². The lowest BCUT2D eigenvalue weighted by molar-refractivity contribution is 0.415. The summed E-state index contributed by atoms with van der Waals surface area (Å²) in [4.78, 5) is 8.29. The first-order chi connectivity index (χ1) is 9.78.